The number of ether oxygens (including phenoxy) is 2. The minimum Gasteiger partial charge on any atom is -0.409 e. The quantitative estimate of drug-likeness (QED) is 0.549. The zero-order valence-corrected chi connectivity index (χ0v) is 15.5. The van der Waals surface area contributed by atoms with Gasteiger partial charge in [0.2, 0.25) is 11.8 Å². The van der Waals surface area contributed by atoms with Crippen LogP contribution in [0.1, 0.15) is 45.1 Å². The molecule has 6 nitrogen and oxygen atoms in total. The maximum Gasteiger partial charge on any atom is 0.309 e. The normalized spacial score (nSPS) is 20.9. The molecular formula is C19H19ClN2O4. The molecule has 26 heavy (non-hydrogen) atoms. The predicted octanol–water partition coefficient (Wildman–Crippen LogP) is 4.00. The van der Waals surface area contributed by atoms with Crippen molar-refractivity contribution in [3.8, 4) is 0 Å². The van der Waals surface area contributed by atoms with Gasteiger partial charge in [0.25, 0.3) is 0 Å². The summed E-state index contributed by atoms with van der Waals surface area (Å²) in [5.74, 6) is -0.842. The van der Waals surface area contributed by atoms with Gasteiger partial charge in [0.05, 0.1) is 0 Å². The highest BCUT2D eigenvalue weighted by atomic mass is 35.5. The second-order valence-corrected chi connectivity index (χ2v) is 6.97. The summed E-state index contributed by atoms with van der Waals surface area (Å²) >= 11 is 6.03. The number of carbonyl (C=O) groups excluding carboxylic acids is 2. The van der Waals surface area contributed by atoms with Crippen LogP contribution in [0.4, 0.5) is 0 Å². The maximum atomic E-state index is 11.6. The first-order chi connectivity index (χ1) is 12.3. The molecule has 1 spiro atoms. The van der Waals surface area contributed by atoms with Gasteiger partial charge in [-0.15, -0.1) is 10.2 Å². The van der Waals surface area contributed by atoms with E-state index in [-0.39, 0.29) is 17.7 Å². The lowest BCUT2D eigenvalue weighted by atomic mass is 9.64. The molecule has 0 radical (unpaired) electrons. The Bertz CT molecular complexity index is 808. The van der Waals surface area contributed by atoms with Gasteiger partial charge in [-0.05, 0) is 37.5 Å². The van der Waals surface area contributed by atoms with Crippen molar-refractivity contribution < 1.29 is 19.1 Å². The molecule has 0 amide bonds. The van der Waals surface area contributed by atoms with Gasteiger partial charge < -0.3 is 9.47 Å². The maximum absolute atomic E-state index is 11.6. The number of rotatable bonds is 1. The topological polar surface area (TPSA) is 77.3 Å². The summed E-state index contributed by atoms with van der Waals surface area (Å²) < 4.78 is 10.8. The Labute approximate surface area is 156 Å². The molecule has 3 rings (SSSR count). The zero-order chi connectivity index (χ0) is 18.9. The summed E-state index contributed by atoms with van der Waals surface area (Å²) in [4.78, 5) is 23.2. The van der Waals surface area contributed by atoms with E-state index in [2.05, 4.69) is 10.2 Å². The third-order valence-electron chi connectivity index (χ3n) is 4.64. The molecule has 1 aromatic rings. The van der Waals surface area contributed by atoms with Crippen molar-refractivity contribution in [3.63, 3.8) is 0 Å². The Balaban J connectivity index is 2.13. The molecule has 0 saturated carbocycles. The van der Waals surface area contributed by atoms with Crippen molar-refractivity contribution >= 4 is 35.3 Å². The van der Waals surface area contributed by atoms with Crippen molar-refractivity contribution in [2.75, 3.05) is 0 Å². The van der Waals surface area contributed by atoms with Gasteiger partial charge in [0.1, 0.15) is 5.41 Å². The molecule has 1 aromatic carbocycles. The standard InChI is InChI=1S/C19H19ClN2O4/c1-11-8-9-19(16(10-11)14-4-6-15(20)7-5-14)17(25-12(2)23)21-22-18(19)26-13(3)24/h4-8,16H,9-10H2,1-3H3/t16-/m0/s1. The van der Waals surface area contributed by atoms with Gasteiger partial charge >= 0.3 is 11.9 Å². The fraction of sp³-hybridized carbons (Fsp3) is 0.368. The van der Waals surface area contributed by atoms with Crippen LogP contribution in [-0.4, -0.2) is 23.7 Å². The van der Waals surface area contributed by atoms with E-state index >= 15 is 0 Å². The summed E-state index contributed by atoms with van der Waals surface area (Å²) in [5, 5.41) is 8.69. The molecule has 1 atom stereocenters. The van der Waals surface area contributed by atoms with Crippen molar-refractivity contribution in [3.05, 3.63) is 46.5 Å². The lowest BCUT2D eigenvalue weighted by molar-refractivity contribution is -0.133. The first-order valence-corrected chi connectivity index (χ1v) is 8.65. The number of halogens is 1. The van der Waals surface area contributed by atoms with E-state index in [4.69, 9.17) is 21.1 Å². The number of esters is 2. The van der Waals surface area contributed by atoms with Crippen LogP contribution in [-0.2, 0) is 19.1 Å². The highest BCUT2D eigenvalue weighted by Gasteiger charge is 2.56. The number of hydrogen-bond acceptors (Lipinski definition) is 6. The van der Waals surface area contributed by atoms with Gasteiger partial charge in [0, 0.05) is 24.8 Å². The van der Waals surface area contributed by atoms with Crippen molar-refractivity contribution in [2.45, 2.75) is 39.5 Å². The molecule has 0 N–H and O–H groups in total. The van der Waals surface area contributed by atoms with Crippen LogP contribution in [0, 0.1) is 5.41 Å². The Morgan fingerprint density at radius 1 is 1.08 bits per heavy atom. The van der Waals surface area contributed by atoms with Gasteiger partial charge in [-0.1, -0.05) is 35.4 Å². The van der Waals surface area contributed by atoms with Crippen LogP contribution in [0.5, 0.6) is 0 Å². The van der Waals surface area contributed by atoms with Crippen molar-refractivity contribution in [1.82, 2.24) is 0 Å². The highest BCUT2D eigenvalue weighted by Crippen LogP contribution is 2.51. The lowest BCUT2D eigenvalue weighted by Crippen LogP contribution is -2.46. The van der Waals surface area contributed by atoms with E-state index < -0.39 is 17.4 Å². The van der Waals surface area contributed by atoms with Crippen molar-refractivity contribution in [1.29, 1.82) is 0 Å². The fourth-order valence-electron chi connectivity index (χ4n) is 3.48. The molecule has 136 valence electrons. The first kappa shape index (κ1) is 18.3. The molecule has 0 saturated heterocycles. The summed E-state index contributed by atoms with van der Waals surface area (Å²) in [6.45, 7) is 4.65. The van der Waals surface area contributed by atoms with E-state index in [0.29, 0.717) is 17.9 Å². The Morgan fingerprint density at radius 3 is 2.12 bits per heavy atom. The third-order valence-corrected chi connectivity index (χ3v) is 4.89. The number of carbonyl (C=O) groups is 2. The molecule has 1 aliphatic heterocycles. The molecule has 2 aliphatic rings. The summed E-state index contributed by atoms with van der Waals surface area (Å²) in [5.41, 5.74) is 1.22. The van der Waals surface area contributed by atoms with Gasteiger partial charge in [-0.3, -0.25) is 9.59 Å². The SMILES string of the molecule is CC(=O)OC1=NN=C(OC(C)=O)C12CC=C(C)C[C@H]2c1ccc(Cl)cc1. The number of allylic oxidation sites excluding steroid dienone is 2. The van der Waals surface area contributed by atoms with Crippen LogP contribution in [0.3, 0.4) is 0 Å². The van der Waals surface area contributed by atoms with Crippen LogP contribution < -0.4 is 0 Å². The number of benzene rings is 1. The fourth-order valence-corrected chi connectivity index (χ4v) is 3.61. The highest BCUT2D eigenvalue weighted by molar-refractivity contribution is 6.30. The average molecular weight is 375 g/mol. The van der Waals surface area contributed by atoms with Gasteiger partial charge in [0.15, 0.2) is 0 Å². The molecule has 0 unspecified atom stereocenters. The van der Waals surface area contributed by atoms with Crippen LogP contribution in [0.15, 0.2) is 46.1 Å². The Kier molecular flexibility index (Phi) is 4.96. The molecule has 0 fully saturated rings. The van der Waals surface area contributed by atoms with E-state index in [1.54, 1.807) is 12.1 Å². The number of nitrogens with zero attached hydrogens (tertiary/aromatic N) is 2. The molecule has 1 heterocycles. The second-order valence-electron chi connectivity index (χ2n) is 6.53. The monoisotopic (exact) mass is 374 g/mol. The molecule has 7 heteroatoms. The minimum absolute atomic E-state index is 0.157. The molecule has 0 bridgehead atoms. The smallest absolute Gasteiger partial charge is 0.309 e. The molecule has 1 aliphatic carbocycles. The molecular weight excluding hydrogens is 356 g/mol. The van der Waals surface area contributed by atoms with Crippen molar-refractivity contribution in [2.24, 2.45) is 15.6 Å². The second kappa shape index (κ2) is 7.03. The lowest BCUT2D eigenvalue weighted by Gasteiger charge is -2.39. The Hall–Kier alpha value is -2.47. The number of hydrogen-bond donors (Lipinski definition) is 0. The van der Waals surface area contributed by atoms with Crippen LogP contribution in [0.2, 0.25) is 5.02 Å². The summed E-state index contributed by atoms with van der Waals surface area (Å²) in [6, 6.07) is 7.45. The van der Waals surface area contributed by atoms with Crippen LogP contribution in [0.25, 0.3) is 0 Å². The largest absolute Gasteiger partial charge is 0.409 e. The van der Waals surface area contributed by atoms with Crippen LogP contribution >= 0.6 is 11.6 Å². The van der Waals surface area contributed by atoms with Gasteiger partial charge in [-0.25, -0.2) is 0 Å². The minimum atomic E-state index is -0.940. The summed E-state index contributed by atoms with van der Waals surface area (Å²) in [7, 11) is 0. The van der Waals surface area contributed by atoms with E-state index in [1.807, 2.05) is 25.1 Å². The van der Waals surface area contributed by atoms with E-state index in [1.165, 1.54) is 19.4 Å². The predicted molar refractivity (Wildman–Crippen MR) is 98.0 cm³/mol. The molecule has 0 aromatic heterocycles. The first-order valence-electron chi connectivity index (χ1n) is 8.27. The van der Waals surface area contributed by atoms with Gasteiger partial charge in [-0.2, -0.15) is 0 Å². The van der Waals surface area contributed by atoms with E-state index in [0.717, 1.165) is 5.56 Å². The zero-order valence-electron chi connectivity index (χ0n) is 14.8. The van der Waals surface area contributed by atoms with E-state index in [9.17, 15) is 9.59 Å². The average Bonchev–Trinajstić information content (AvgIpc) is 2.88. The third kappa shape index (κ3) is 3.29. The Morgan fingerprint density at radius 2 is 1.62 bits per heavy atom. The summed E-state index contributed by atoms with van der Waals surface area (Å²) in [6.07, 6.45) is 3.18.